The van der Waals surface area contributed by atoms with Gasteiger partial charge in [0, 0.05) is 19.3 Å². The molecule has 0 radical (unpaired) electrons. The van der Waals surface area contributed by atoms with Gasteiger partial charge in [-0.15, -0.1) is 0 Å². The summed E-state index contributed by atoms with van der Waals surface area (Å²) < 4.78 is 11.2. The van der Waals surface area contributed by atoms with Crippen LogP contribution in [0.4, 0.5) is 0 Å². The Morgan fingerprint density at radius 3 is 2.77 bits per heavy atom. The van der Waals surface area contributed by atoms with Crippen LogP contribution < -0.4 is 4.74 Å². The average molecular weight is 400 g/mol. The van der Waals surface area contributed by atoms with Crippen LogP contribution in [0.5, 0.6) is 5.75 Å². The van der Waals surface area contributed by atoms with Gasteiger partial charge in [0.2, 0.25) is 11.7 Å². The minimum absolute atomic E-state index is 0.0180. The molecule has 0 spiro atoms. The van der Waals surface area contributed by atoms with Gasteiger partial charge < -0.3 is 14.2 Å². The first kappa shape index (κ1) is 18.3. The van der Waals surface area contributed by atoms with E-state index in [1.165, 1.54) is 0 Å². The lowest BCUT2D eigenvalue weighted by atomic mass is 9.96. The zero-order valence-corrected chi connectivity index (χ0v) is 16.5. The maximum absolute atomic E-state index is 13.3. The summed E-state index contributed by atoms with van der Waals surface area (Å²) in [6.45, 7) is 3.46. The number of pyridine rings is 1. The van der Waals surface area contributed by atoms with Crippen molar-refractivity contribution in [1.29, 1.82) is 0 Å². The molecular weight excluding hydrogens is 380 g/mol. The third kappa shape index (κ3) is 3.18. The number of carbonyl (C=O) groups is 1. The Morgan fingerprint density at radius 1 is 1.13 bits per heavy atom. The standard InChI is InChI=1S/C23H20N4O3/c1-2-29-19-11-10-15-7-3-4-8-17(15)20(19)23(28)27-13-16(14-27)22-25-21(26-30-22)18-9-5-6-12-24-18/h3-12,16H,2,13-14H2,1H3. The Kier molecular flexibility index (Phi) is 4.63. The minimum atomic E-state index is -0.0454. The fourth-order valence-corrected chi connectivity index (χ4v) is 3.71. The van der Waals surface area contributed by atoms with Crippen LogP contribution in [0.3, 0.4) is 0 Å². The highest BCUT2D eigenvalue weighted by Crippen LogP contribution is 2.34. The molecule has 1 saturated heterocycles. The van der Waals surface area contributed by atoms with Gasteiger partial charge in [0.05, 0.1) is 18.1 Å². The summed E-state index contributed by atoms with van der Waals surface area (Å²) in [6.07, 6.45) is 1.69. The number of nitrogens with zero attached hydrogens (tertiary/aromatic N) is 4. The van der Waals surface area contributed by atoms with E-state index < -0.39 is 0 Å². The van der Waals surface area contributed by atoms with Crippen LogP contribution in [-0.4, -0.2) is 45.6 Å². The van der Waals surface area contributed by atoms with E-state index in [9.17, 15) is 4.79 Å². The zero-order chi connectivity index (χ0) is 20.5. The molecule has 1 amide bonds. The third-order valence-electron chi connectivity index (χ3n) is 5.26. The lowest BCUT2D eigenvalue weighted by Gasteiger charge is -2.37. The molecule has 3 heterocycles. The monoisotopic (exact) mass is 400 g/mol. The maximum Gasteiger partial charge on any atom is 0.258 e. The predicted molar refractivity (Wildman–Crippen MR) is 111 cm³/mol. The Bertz CT molecular complexity index is 1200. The van der Waals surface area contributed by atoms with Gasteiger partial charge in [0.15, 0.2) is 0 Å². The van der Waals surface area contributed by atoms with Crippen molar-refractivity contribution in [1.82, 2.24) is 20.0 Å². The Balaban J connectivity index is 1.36. The number of aromatic nitrogens is 3. The Labute approximate surface area is 173 Å². The van der Waals surface area contributed by atoms with E-state index in [0.29, 0.717) is 48.4 Å². The molecule has 0 bridgehead atoms. The Morgan fingerprint density at radius 2 is 1.97 bits per heavy atom. The van der Waals surface area contributed by atoms with Gasteiger partial charge in [-0.05, 0) is 35.9 Å². The van der Waals surface area contributed by atoms with Crippen LogP contribution in [0.25, 0.3) is 22.3 Å². The molecule has 30 heavy (non-hydrogen) atoms. The summed E-state index contributed by atoms with van der Waals surface area (Å²) in [5.74, 6) is 1.57. The summed E-state index contributed by atoms with van der Waals surface area (Å²) in [4.78, 5) is 23.8. The van der Waals surface area contributed by atoms with Crippen molar-refractivity contribution in [3.05, 3.63) is 72.2 Å². The first-order chi connectivity index (χ1) is 14.7. The van der Waals surface area contributed by atoms with E-state index in [-0.39, 0.29) is 11.8 Å². The molecule has 1 aliphatic heterocycles. The summed E-state index contributed by atoms with van der Waals surface area (Å²) in [7, 11) is 0. The fourth-order valence-electron chi connectivity index (χ4n) is 3.71. The van der Waals surface area contributed by atoms with E-state index in [1.54, 1.807) is 11.1 Å². The van der Waals surface area contributed by atoms with Crippen LogP contribution in [0, 0.1) is 0 Å². The number of hydrogen-bond donors (Lipinski definition) is 0. The SMILES string of the molecule is CCOc1ccc2ccccc2c1C(=O)N1CC(c2nc(-c3ccccn3)no2)C1. The van der Waals surface area contributed by atoms with Crippen molar-refractivity contribution in [3.8, 4) is 17.3 Å². The number of fused-ring (bicyclic) bond motifs is 1. The molecule has 1 fully saturated rings. The van der Waals surface area contributed by atoms with E-state index in [2.05, 4.69) is 15.1 Å². The molecule has 0 unspecified atom stereocenters. The van der Waals surface area contributed by atoms with Crippen molar-refractivity contribution < 1.29 is 14.1 Å². The molecule has 5 rings (SSSR count). The zero-order valence-electron chi connectivity index (χ0n) is 16.5. The van der Waals surface area contributed by atoms with Crippen molar-refractivity contribution in [2.45, 2.75) is 12.8 Å². The highest BCUT2D eigenvalue weighted by atomic mass is 16.5. The summed E-state index contributed by atoms with van der Waals surface area (Å²) in [5.41, 5.74) is 1.27. The molecule has 0 saturated carbocycles. The normalized spacial score (nSPS) is 14.0. The van der Waals surface area contributed by atoms with Gasteiger partial charge in [-0.25, -0.2) is 0 Å². The second-order valence-electron chi connectivity index (χ2n) is 7.17. The van der Waals surface area contributed by atoms with E-state index in [1.807, 2.05) is 61.5 Å². The van der Waals surface area contributed by atoms with Crippen molar-refractivity contribution in [3.63, 3.8) is 0 Å². The van der Waals surface area contributed by atoms with Gasteiger partial charge in [0.1, 0.15) is 11.4 Å². The smallest absolute Gasteiger partial charge is 0.258 e. The van der Waals surface area contributed by atoms with Gasteiger partial charge in [-0.1, -0.05) is 41.6 Å². The lowest BCUT2D eigenvalue weighted by Crippen LogP contribution is -2.48. The first-order valence-electron chi connectivity index (χ1n) is 9.93. The fraction of sp³-hybridized carbons (Fsp3) is 0.217. The average Bonchev–Trinajstić information content (AvgIpc) is 3.23. The molecule has 0 aliphatic carbocycles. The van der Waals surface area contributed by atoms with Gasteiger partial charge >= 0.3 is 0 Å². The van der Waals surface area contributed by atoms with E-state index in [0.717, 1.165) is 10.8 Å². The minimum Gasteiger partial charge on any atom is -0.493 e. The number of carbonyl (C=O) groups excluding carboxylic acids is 1. The molecule has 4 aromatic rings. The van der Waals surface area contributed by atoms with Crippen LogP contribution in [-0.2, 0) is 0 Å². The number of hydrogen-bond acceptors (Lipinski definition) is 6. The van der Waals surface area contributed by atoms with E-state index in [4.69, 9.17) is 9.26 Å². The second kappa shape index (κ2) is 7.59. The second-order valence-corrected chi connectivity index (χ2v) is 7.17. The number of likely N-dealkylation sites (tertiary alicyclic amines) is 1. The molecule has 0 N–H and O–H groups in total. The highest BCUT2D eigenvalue weighted by molar-refractivity contribution is 6.09. The van der Waals surface area contributed by atoms with Crippen LogP contribution >= 0.6 is 0 Å². The molecule has 1 aliphatic rings. The predicted octanol–water partition coefficient (Wildman–Crippen LogP) is 3.92. The quantitative estimate of drug-likeness (QED) is 0.505. The first-order valence-corrected chi connectivity index (χ1v) is 9.93. The number of ether oxygens (including phenoxy) is 1. The summed E-state index contributed by atoms with van der Waals surface area (Å²) >= 11 is 0. The molecule has 2 aromatic carbocycles. The molecule has 7 nitrogen and oxygen atoms in total. The topological polar surface area (TPSA) is 81.4 Å². The van der Waals surface area contributed by atoms with Crippen LogP contribution in [0.2, 0.25) is 0 Å². The lowest BCUT2D eigenvalue weighted by molar-refractivity contribution is 0.0567. The molecule has 150 valence electrons. The molecule has 2 aromatic heterocycles. The highest BCUT2D eigenvalue weighted by Gasteiger charge is 2.37. The van der Waals surface area contributed by atoms with Crippen LogP contribution in [0.1, 0.15) is 29.1 Å². The maximum atomic E-state index is 13.3. The van der Waals surface area contributed by atoms with Crippen molar-refractivity contribution >= 4 is 16.7 Å². The van der Waals surface area contributed by atoms with Gasteiger partial charge in [-0.2, -0.15) is 4.98 Å². The van der Waals surface area contributed by atoms with Gasteiger partial charge in [0.25, 0.3) is 5.91 Å². The molecule has 0 atom stereocenters. The van der Waals surface area contributed by atoms with E-state index >= 15 is 0 Å². The number of rotatable bonds is 5. The summed E-state index contributed by atoms with van der Waals surface area (Å²) in [5, 5.41) is 5.93. The van der Waals surface area contributed by atoms with Crippen molar-refractivity contribution in [2.24, 2.45) is 0 Å². The third-order valence-corrected chi connectivity index (χ3v) is 5.26. The number of amides is 1. The van der Waals surface area contributed by atoms with Gasteiger partial charge in [-0.3, -0.25) is 9.78 Å². The molecule has 7 heteroatoms. The number of benzene rings is 2. The van der Waals surface area contributed by atoms with Crippen molar-refractivity contribution in [2.75, 3.05) is 19.7 Å². The molecular formula is C23H20N4O3. The largest absolute Gasteiger partial charge is 0.493 e. The Hall–Kier alpha value is -3.74. The summed E-state index contributed by atoms with van der Waals surface area (Å²) in [6, 6.07) is 17.3. The van der Waals surface area contributed by atoms with Crippen LogP contribution in [0.15, 0.2) is 65.3 Å².